The molecule has 4 heterocycles. The van der Waals surface area contributed by atoms with Crippen LogP contribution in [0.15, 0.2) is 97.1 Å². The van der Waals surface area contributed by atoms with Crippen LogP contribution in [0.25, 0.3) is 0 Å². The standard InChI is InChI=1S/C24H25IN4O4.C24H25IN4O3/c1-15(18-7-9-19(10-8-18)24(31)33-3)26-22(30)21-16(2)27-28-11-12-29(32,23(21)28)14-17-5-4-6-20(25)13-17;1-15(18-7-9-19(10-8-18)24(31)32-3)26-22(30)21-16(2)27-29-12-11-28(23(21)29)14-17-5-4-6-20(25)13-17/h4-10,13,15H,11-12,14H2,1-3H3,(H,26,30);4-10,13,15H,11-12,14H2,1-3H3,(H,26,30)/t15-,29?;15-/m00/s1. The van der Waals surface area contributed by atoms with E-state index in [1.807, 2.05) is 61.9 Å². The van der Waals surface area contributed by atoms with E-state index in [9.17, 15) is 24.4 Å². The Hall–Kier alpha value is -5.64. The number of hydrogen-bond donors (Lipinski definition) is 2. The number of hydrogen-bond acceptors (Lipinski definition) is 10. The minimum atomic E-state index is -0.619. The normalized spacial score (nSPS) is 15.8. The number of fused-ring (bicyclic) bond motifs is 2. The smallest absolute Gasteiger partial charge is 0.337 e. The number of nitrogens with zero attached hydrogens (tertiary/aromatic N) is 6. The van der Waals surface area contributed by atoms with E-state index in [0.717, 1.165) is 51.4 Å². The molecule has 0 bridgehead atoms. The van der Waals surface area contributed by atoms with Crippen molar-refractivity contribution in [2.24, 2.45) is 0 Å². The highest BCUT2D eigenvalue weighted by Crippen LogP contribution is 2.37. The highest BCUT2D eigenvalue weighted by Gasteiger charge is 2.40. The molecule has 338 valence electrons. The molecule has 0 saturated carbocycles. The highest BCUT2D eigenvalue weighted by molar-refractivity contribution is 14.1. The number of amides is 2. The molecular weight excluding hydrogens is 1050 g/mol. The predicted molar refractivity (Wildman–Crippen MR) is 264 cm³/mol. The second-order valence-electron chi connectivity index (χ2n) is 16.1. The summed E-state index contributed by atoms with van der Waals surface area (Å²) in [6.07, 6.45) is 0. The fraction of sp³-hybridized carbons (Fsp3) is 0.292. The highest BCUT2D eigenvalue weighted by atomic mass is 127. The van der Waals surface area contributed by atoms with E-state index in [1.165, 1.54) is 23.4 Å². The van der Waals surface area contributed by atoms with E-state index in [4.69, 9.17) is 9.47 Å². The summed E-state index contributed by atoms with van der Waals surface area (Å²) >= 11 is 4.54. The number of halogens is 2. The molecule has 0 saturated heterocycles. The van der Waals surface area contributed by atoms with Gasteiger partial charge in [-0.3, -0.25) is 9.59 Å². The molecule has 2 N–H and O–H groups in total. The Labute approximate surface area is 404 Å². The van der Waals surface area contributed by atoms with Gasteiger partial charge in [0.15, 0.2) is 0 Å². The molecule has 2 aromatic heterocycles. The molecule has 0 spiro atoms. The van der Waals surface area contributed by atoms with Crippen LogP contribution in [0.1, 0.15) is 101 Å². The number of aryl methyl sites for hydroxylation is 2. The Balaban J connectivity index is 0.000000194. The van der Waals surface area contributed by atoms with Gasteiger partial charge in [-0.05, 0) is 138 Å². The number of anilines is 1. The van der Waals surface area contributed by atoms with Crippen LogP contribution in [0.2, 0.25) is 0 Å². The van der Waals surface area contributed by atoms with Crippen molar-refractivity contribution < 1.29 is 28.7 Å². The topological polar surface area (TPSA) is 173 Å². The second kappa shape index (κ2) is 20.3. The maximum atomic E-state index is 13.9. The van der Waals surface area contributed by atoms with Gasteiger partial charge in [0.2, 0.25) is 5.82 Å². The molecule has 65 heavy (non-hydrogen) atoms. The SMILES string of the molecule is COC(=O)c1ccc([C@H](C)NC(=O)c2c(C)nn3c2N(Cc2cccc(I)c2)CC3)cc1.COC(=O)c1ccc([C@H](C)NC(=O)c2c(C)nn3c2[N+]([O-])(Cc2cccc(I)c2)CC3)cc1. The van der Waals surface area contributed by atoms with Gasteiger partial charge in [0.05, 0.1) is 61.9 Å². The number of aromatic nitrogens is 4. The minimum absolute atomic E-state index is 0.150. The Morgan fingerprint density at radius 3 is 1.72 bits per heavy atom. The first-order chi connectivity index (χ1) is 31.1. The summed E-state index contributed by atoms with van der Waals surface area (Å²) < 4.78 is 14.7. The van der Waals surface area contributed by atoms with Crippen molar-refractivity contribution in [3.8, 4) is 0 Å². The molecule has 0 fully saturated rings. The van der Waals surface area contributed by atoms with E-state index in [2.05, 4.69) is 95.2 Å². The van der Waals surface area contributed by atoms with Gasteiger partial charge in [0, 0.05) is 25.8 Å². The first-order valence-electron chi connectivity index (χ1n) is 21.0. The molecule has 17 heteroatoms. The molecule has 6 aromatic rings. The maximum absolute atomic E-state index is 13.9. The summed E-state index contributed by atoms with van der Waals surface area (Å²) in [6, 6.07) is 29.6. The van der Waals surface area contributed by atoms with E-state index in [0.29, 0.717) is 46.9 Å². The number of methoxy groups -OCH3 is 2. The van der Waals surface area contributed by atoms with Gasteiger partial charge in [-0.2, -0.15) is 10.2 Å². The van der Waals surface area contributed by atoms with Crippen molar-refractivity contribution in [1.29, 1.82) is 0 Å². The van der Waals surface area contributed by atoms with Crippen LogP contribution in [0.3, 0.4) is 0 Å². The Bertz CT molecular complexity index is 2740. The second-order valence-corrected chi connectivity index (χ2v) is 18.6. The summed E-state index contributed by atoms with van der Waals surface area (Å²) in [6.45, 7) is 10.8. The largest absolute Gasteiger partial charge is 0.626 e. The quantitative estimate of drug-likeness (QED) is 0.0527. The average Bonchev–Trinajstić information content (AvgIpc) is 4.02. The number of esters is 2. The zero-order valence-corrected chi connectivity index (χ0v) is 41.2. The fourth-order valence-electron chi connectivity index (χ4n) is 8.25. The third kappa shape index (κ3) is 10.6. The Morgan fingerprint density at radius 2 is 1.18 bits per heavy atom. The molecule has 2 amide bonds. The van der Waals surface area contributed by atoms with Crippen LogP contribution in [-0.4, -0.2) is 70.6 Å². The van der Waals surface area contributed by atoms with Crippen LogP contribution in [0.4, 0.5) is 11.6 Å². The molecule has 4 aromatic carbocycles. The van der Waals surface area contributed by atoms with Crippen LogP contribution < -0.4 is 20.2 Å². The van der Waals surface area contributed by atoms with Gasteiger partial charge < -0.3 is 34.9 Å². The molecule has 0 aliphatic carbocycles. The zero-order chi connectivity index (χ0) is 46.6. The number of ether oxygens (including phenoxy) is 2. The number of nitrogens with one attached hydrogen (secondary N) is 2. The number of benzene rings is 4. The molecule has 1 unspecified atom stereocenters. The van der Waals surface area contributed by atoms with Gasteiger partial charge in [-0.25, -0.2) is 19.0 Å². The lowest BCUT2D eigenvalue weighted by Gasteiger charge is -2.37. The first-order valence-corrected chi connectivity index (χ1v) is 23.2. The first kappa shape index (κ1) is 47.3. The van der Waals surface area contributed by atoms with Gasteiger partial charge in [0.25, 0.3) is 11.8 Å². The number of quaternary nitrogens is 1. The summed E-state index contributed by atoms with van der Waals surface area (Å²) in [7, 11) is 2.69. The van der Waals surface area contributed by atoms with Gasteiger partial charge in [0.1, 0.15) is 30.0 Å². The Morgan fingerprint density at radius 1 is 0.692 bits per heavy atom. The van der Waals surface area contributed by atoms with Crippen molar-refractivity contribution in [1.82, 2.24) is 34.8 Å². The lowest BCUT2D eigenvalue weighted by atomic mass is 10.1. The Kier molecular flexibility index (Phi) is 14.7. The molecule has 2 aliphatic heterocycles. The minimum Gasteiger partial charge on any atom is -0.626 e. The third-order valence-corrected chi connectivity index (χ3v) is 12.9. The molecule has 2 aliphatic rings. The van der Waals surface area contributed by atoms with Crippen molar-refractivity contribution >= 4 is 80.6 Å². The van der Waals surface area contributed by atoms with E-state index in [1.54, 1.807) is 48.0 Å². The maximum Gasteiger partial charge on any atom is 0.337 e. The number of carbonyl (C=O) groups excluding carboxylic acids is 4. The third-order valence-electron chi connectivity index (χ3n) is 11.5. The zero-order valence-electron chi connectivity index (χ0n) is 36.9. The molecule has 8 rings (SSSR count). The van der Waals surface area contributed by atoms with E-state index in [-0.39, 0.29) is 36.4 Å². The van der Waals surface area contributed by atoms with E-state index < -0.39 is 10.6 Å². The molecule has 15 nitrogen and oxygen atoms in total. The summed E-state index contributed by atoms with van der Waals surface area (Å²) in [5, 5.41) is 29.0. The van der Waals surface area contributed by atoms with Crippen molar-refractivity contribution in [3.05, 3.63) is 165 Å². The lowest BCUT2D eigenvalue weighted by Crippen LogP contribution is -2.42. The van der Waals surface area contributed by atoms with Crippen molar-refractivity contribution in [2.75, 3.05) is 32.2 Å². The summed E-state index contributed by atoms with van der Waals surface area (Å²) in [5.41, 5.74) is 7.00. The van der Waals surface area contributed by atoms with Gasteiger partial charge in [-0.1, -0.05) is 48.5 Å². The van der Waals surface area contributed by atoms with Crippen molar-refractivity contribution in [3.63, 3.8) is 0 Å². The average molecular weight is 1100 g/mol. The summed E-state index contributed by atoms with van der Waals surface area (Å²) in [4.78, 5) is 52.1. The van der Waals surface area contributed by atoms with Crippen LogP contribution in [0.5, 0.6) is 0 Å². The summed E-state index contributed by atoms with van der Waals surface area (Å²) in [5.74, 6) is -0.0114. The van der Waals surface area contributed by atoms with Crippen LogP contribution in [0, 0.1) is 26.2 Å². The lowest BCUT2D eigenvalue weighted by molar-refractivity contribution is 0.0592. The van der Waals surface area contributed by atoms with Crippen LogP contribution in [-0.2, 0) is 35.7 Å². The van der Waals surface area contributed by atoms with Gasteiger partial charge in [-0.15, -0.1) is 0 Å². The number of rotatable bonds is 12. The monoisotopic (exact) mass is 1100 g/mol. The molecule has 3 atom stereocenters. The van der Waals surface area contributed by atoms with Crippen molar-refractivity contribution in [2.45, 2.75) is 66.0 Å². The fourth-order valence-corrected chi connectivity index (χ4v) is 9.47. The molecule has 0 radical (unpaired) electrons. The van der Waals surface area contributed by atoms with Gasteiger partial charge >= 0.3 is 11.9 Å². The number of hydroxylamine groups is 2. The predicted octanol–water partition coefficient (Wildman–Crippen LogP) is 8.19. The van der Waals surface area contributed by atoms with Crippen LogP contribution >= 0.6 is 45.2 Å². The number of carbonyl (C=O) groups is 4. The molecular formula is C48H50I2N8O7. The van der Waals surface area contributed by atoms with E-state index >= 15 is 0 Å².